The number of carbonyl (C=O) groups is 1. The molecule has 1 heterocycles. The SMILES string of the molecule is COCCNCC(=O)N1CCc2c1cccc2[N+](=O)[O-].Cl. The van der Waals surface area contributed by atoms with Gasteiger partial charge in [0.2, 0.25) is 5.91 Å². The van der Waals surface area contributed by atoms with Crippen molar-refractivity contribution in [2.24, 2.45) is 0 Å². The first-order valence-electron chi connectivity index (χ1n) is 6.41. The van der Waals surface area contributed by atoms with E-state index in [9.17, 15) is 14.9 Å². The molecule has 0 radical (unpaired) electrons. The summed E-state index contributed by atoms with van der Waals surface area (Å²) in [6.07, 6.45) is 0.524. The monoisotopic (exact) mass is 315 g/mol. The molecular formula is C13H18ClN3O4. The number of nitrogens with zero attached hydrogens (tertiary/aromatic N) is 2. The number of fused-ring (bicyclic) bond motifs is 1. The van der Waals surface area contributed by atoms with Crippen molar-refractivity contribution in [1.82, 2.24) is 5.32 Å². The zero-order chi connectivity index (χ0) is 14.5. The minimum atomic E-state index is -0.399. The highest BCUT2D eigenvalue weighted by Crippen LogP contribution is 2.34. The maximum atomic E-state index is 12.1. The Morgan fingerprint density at radius 3 is 2.95 bits per heavy atom. The second-order valence-corrected chi connectivity index (χ2v) is 4.50. The largest absolute Gasteiger partial charge is 0.383 e. The van der Waals surface area contributed by atoms with Crippen LogP contribution in [0.2, 0.25) is 0 Å². The van der Waals surface area contributed by atoms with Crippen LogP contribution in [0.4, 0.5) is 11.4 Å². The van der Waals surface area contributed by atoms with E-state index in [-0.39, 0.29) is 30.5 Å². The quantitative estimate of drug-likeness (QED) is 0.483. The average molecular weight is 316 g/mol. The van der Waals surface area contributed by atoms with Crippen molar-refractivity contribution < 1.29 is 14.5 Å². The van der Waals surface area contributed by atoms with Gasteiger partial charge in [-0.3, -0.25) is 14.9 Å². The summed E-state index contributed by atoms with van der Waals surface area (Å²) in [7, 11) is 1.60. The fourth-order valence-electron chi connectivity index (χ4n) is 2.31. The average Bonchev–Trinajstić information content (AvgIpc) is 2.87. The molecular weight excluding hydrogens is 298 g/mol. The lowest BCUT2D eigenvalue weighted by Gasteiger charge is -2.17. The van der Waals surface area contributed by atoms with Crippen LogP contribution >= 0.6 is 12.4 Å². The van der Waals surface area contributed by atoms with Gasteiger partial charge in [-0.2, -0.15) is 0 Å². The molecule has 0 unspecified atom stereocenters. The van der Waals surface area contributed by atoms with E-state index in [2.05, 4.69) is 5.32 Å². The van der Waals surface area contributed by atoms with Crippen LogP contribution in [0.25, 0.3) is 0 Å². The summed E-state index contributed by atoms with van der Waals surface area (Å²) in [5.74, 6) is -0.0830. The first kappa shape index (κ1) is 17.4. The van der Waals surface area contributed by atoms with Gasteiger partial charge in [0.1, 0.15) is 0 Å². The van der Waals surface area contributed by atoms with Crippen LogP contribution in [0.5, 0.6) is 0 Å². The summed E-state index contributed by atoms with van der Waals surface area (Å²) in [5.41, 5.74) is 1.38. The number of anilines is 1. The highest BCUT2D eigenvalue weighted by Gasteiger charge is 2.29. The summed E-state index contributed by atoms with van der Waals surface area (Å²) in [6, 6.07) is 4.84. The predicted octanol–water partition coefficient (Wildman–Crippen LogP) is 1.14. The van der Waals surface area contributed by atoms with Crippen molar-refractivity contribution >= 4 is 29.7 Å². The molecule has 0 saturated carbocycles. The number of nitrogens with one attached hydrogen (secondary N) is 1. The number of nitro benzene ring substituents is 1. The zero-order valence-electron chi connectivity index (χ0n) is 11.7. The van der Waals surface area contributed by atoms with Crippen molar-refractivity contribution in [3.8, 4) is 0 Å². The van der Waals surface area contributed by atoms with Gasteiger partial charge in [0, 0.05) is 26.3 Å². The van der Waals surface area contributed by atoms with E-state index in [0.717, 1.165) is 0 Å². The first-order valence-corrected chi connectivity index (χ1v) is 6.41. The Kier molecular flexibility index (Phi) is 6.54. The van der Waals surface area contributed by atoms with Gasteiger partial charge in [-0.15, -0.1) is 12.4 Å². The fourth-order valence-corrected chi connectivity index (χ4v) is 2.31. The van der Waals surface area contributed by atoms with E-state index >= 15 is 0 Å². The van der Waals surface area contributed by atoms with Crippen LogP contribution in [0.1, 0.15) is 5.56 Å². The Hall–Kier alpha value is -1.70. The van der Waals surface area contributed by atoms with Crippen molar-refractivity contribution in [2.45, 2.75) is 6.42 Å². The van der Waals surface area contributed by atoms with Crippen LogP contribution < -0.4 is 10.2 Å². The van der Waals surface area contributed by atoms with E-state index in [4.69, 9.17) is 4.74 Å². The minimum Gasteiger partial charge on any atom is -0.383 e. The molecule has 0 atom stereocenters. The van der Waals surface area contributed by atoms with E-state index in [1.54, 1.807) is 24.1 Å². The van der Waals surface area contributed by atoms with Gasteiger partial charge in [0.15, 0.2) is 0 Å². The Balaban J connectivity index is 0.00000220. The summed E-state index contributed by atoms with van der Waals surface area (Å²) in [4.78, 5) is 24.3. The van der Waals surface area contributed by atoms with Crippen molar-refractivity contribution in [1.29, 1.82) is 0 Å². The maximum Gasteiger partial charge on any atom is 0.274 e. The van der Waals surface area contributed by atoms with Crippen LogP contribution in [0.15, 0.2) is 18.2 Å². The maximum absolute atomic E-state index is 12.1. The normalized spacial score (nSPS) is 12.7. The first-order chi connectivity index (χ1) is 9.65. The topological polar surface area (TPSA) is 84.7 Å². The number of amides is 1. The molecule has 2 rings (SSSR count). The number of rotatable bonds is 6. The minimum absolute atomic E-state index is 0. The molecule has 0 saturated heterocycles. The van der Waals surface area contributed by atoms with E-state index < -0.39 is 4.92 Å². The Morgan fingerprint density at radius 1 is 1.52 bits per heavy atom. The number of carbonyl (C=O) groups excluding carboxylic acids is 1. The molecule has 8 heteroatoms. The summed E-state index contributed by atoms with van der Waals surface area (Å²) >= 11 is 0. The van der Waals surface area contributed by atoms with Gasteiger partial charge >= 0.3 is 0 Å². The standard InChI is InChI=1S/C13H17N3O4.ClH/c1-20-8-6-14-9-13(17)15-7-5-10-11(15)3-2-4-12(10)16(18)19;/h2-4,14H,5-9H2,1H3;1H. The van der Waals surface area contributed by atoms with Crippen molar-refractivity contribution in [2.75, 3.05) is 38.3 Å². The molecule has 0 bridgehead atoms. The Morgan fingerprint density at radius 2 is 2.29 bits per heavy atom. The lowest BCUT2D eigenvalue weighted by molar-refractivity contribution is -0.385. The van der Waals surface area contributed by atoms with Gasteiger partial charge in [0.05, 0.1) is 29.3 Å². The summed E-state index contributed by atoms with van der Waals surface area (Å²) in [6.45, 7) is 1.82. The number of hydrogen-bond acceptors (Lipinski definition) is 5. The molecule has 0 aliphatic carbocycles. The number of methoxy groups -OCH3 is 1. The molecule has 1 aromatic rings. The third-order valence-electron chi connectivity index (χ3n) is 3.26. The smallest absolute Gasteiger partial charge is 0.274 e. The zero-order valence-corrected chi connectivity index (χ0v) is 12.5. The number of halogens is 1. The molecule has 1 N–H and O–H groups in total. The molecule has 1 amide bonds. The molecule has 0 spiro atoms. The van der Waals surface area contributed by atoms with Crippen molar-refractivity contribution in [3.63, 3.8) is 0 Å². The molecule has 1 aliphatic rings. The van der Waals surface area contributed by atoms with Crippen molar-refractivity contribution in [3.05, 3.63) is 33.9 Å². The number of hydrogen-bond donors (Lipinski definition) is 1. The lowest BCUT2D eigenvalue weighted by Crippen LogP contribution is -2.38. The van der Waals surface area contributed by atoms with E-state index in [0.29, 0.717) is 37.4 Å². The number of ether oxygens (including phenoxy) is 1. The van der Waals surface area contributed by atoms with Gasteiger partial charge in [-0.1, -0.05) is 6.07 Å². The van der Waals surface area contributed by atoms with Crippen LogP contribution in [-0.4, -0.2) is 44.2 Å². The molecule has 1 aromatic carbocycles. The van der Waals surface area contributed by atoms with Gasteiger partial charge < -0.3 is 15.0 Å². The Labute approximate surface area is 128 Å². The Bertz CT molecular complexity index is 524. The van der Waals surface area contributed by atoms with Gasteiger partial charge in [-0.05, 0) is 12.5 Å². The van der Waals surface area contributed by atoms with Gasteiger partial charge in [-0.25, -0.2) is 0 Å². The molecule has 7 nitrogen and oxygen atoms in total. The third kappa shape index (κ3) is 3.90. The number of benzene rings is 1. The molecule has 1 aliphatic heterocycles. The van der Waals surface area contributed by atoms with E-state index in [1.165, 1.54) is 6.07 Å². The lowest BCUT2D eigenvalue weighted by atomic mass is 10.1. The van der Waals surface area contributed by atoms with Crippen LogP contribution in [-0.2, 0) is 16.0 Å². The molecule has 0 aromatic heterocycles. The molecule has 21 heavy (non-hydrogen) atoms. The molecule has 116 valence electrons. The van der Waals surface area contributed by atoms with Crippen LogP contribution in [0.3, 0.4) is 0 Å². The second kappa shape index (κ2) is 7.92. The highest BCUT2D eigenvalue weighted by molar-refractivity contribution is 5.97. The molecule has 0 fully saturated rings. The summed E-state index contributed by atoms with van der Waals surface area (Å²) < 4.78 is 4.89. The summed E-state index contributed by atoms with van der Waals surface area (Å²) in [5, 5.41) is 13.9. The van der Waals surface area contributed by atoms with Gasteiger partial charge in [0.25, 0.3) is 5.69 Å². The third-order valence-corrected chi connectivity index (χ3v) is 3.26. The highest BCUT2D eigenvalue weighted by atomic mass is 35.5. The van der Waals surface area contributed by atoms with Crippen LogP contribution in [0, 0.1) is 10.1 Å². The predicted molar refractivity (Wildman–Crippen MR) is 81.1 cm³/mol. The second-order valence-electron chi connectivity index (χ2n) is 4.50. The fraction of sp³-hybridized carbons (Fsp3) is 0.462. The van der Waals surface area contributed by atoms with E-state index in [1.807, 2.05) is 0 Å². The number of nitro groups is 1.